The summed E-state index contributed by atoms with van der Waals surface area (Å²) in [5, 5.41) is 14.4. The minimum Gasteiger partial charge on any atom is -0.395 e. The summed E-state index contributed by atoms with van der Waals surface area (Å²) in [7, 11) is 5.79. The Morgan fingerprint density at radius 2 is 2.11 bits per heavy atom. The molecule has 0 aliphatic rings. The first-order valence-corrected chi connectivity index (χ1v) is 7.16. The smallest absolute Gasteiger partial charge is 0.208 e. The van der Waals surface area contributed by atoms with Crippen LogP contribution in [0.3, 0.4) is 0 Å². The van der Waals surface area contributed by atoms with Gasteiger partial charge in [0.1, 0.15) is 5.03 Å². The zero-order valence-electron chi connectivity index (χ0n) is 10.8. The Bertz CT molecular complexity index is 545. The van der Waals surface area contributed by atoms with Crippen LogP contribution in [0.5, 0.6) is 0 Å². The van der Waals surface area contributed by atoms with Crippen molar-refractivity contribution < 1.29 is 0 Å². The van der Waals surface area contributed by atoms with Gasteiger partial charge in [-0.2, -0.15) is 5.10 Å². The van der Waals surface area contributed by atoms with Gasteiger partial charge in [-0.15, -0.1) is 10.2 Å². The van der Waals surface area contributed by atoms with Gasteiger partial charge in [0.05, 0.1) is 11.4 Å². The number of nitrogens with two attached hydrogens (primary N) is 1. The summed E-state index contributed by atoms with van der Waals surface area (Å²) in [6.07, 6.45) is 0.833. The average molecular weight is 284 g/mol. The number of rotatable bonds is 4. The van der Waals surface area contributed by atoms with Crippen molar-refractivity contribution in [2.45, 2.75) is 22.7 Å². The Morgan fingerprint density at radius 3 is 2.61 bits per heavy atom. The van der Waals surface area contributed by atoms with Gasteiger partial charge in [0.15, 0.2) is 4.34 Å². The van der Waals surface area contributed by atoms with Gasteiger partial charge in [0.2, 0.25) is 5.13 Å². The summed E-state index contributed by atoms with van der Waals surface area (Å²) < 4.78 is 2.67. The van der Waals surface area contributed by atoms with Crippen molar-refractivity contribution in [1.29, 1.82) is 0 Å². The number of hydrogen-bond donors (Lipinski definition) is 1. The first-order chi connectivity index (χ1) is 8.52. The zero-order valence-corrected chi connectivity index (χ0v) is 12.5. The molecule has 2 rings (SSSR count). The summed E-state index contributed by atoms with van der Waals surface area (Å²) in [5.74, 6) is 0. The first kappa shape index (κ1) is 13.2. The Labute approximate surface area is 114 Å². The molecule has 2 N–H and O–H groups in total. The highest BCUT2D eigenvalue weighted by Crippen LogP contribution is 2.36. The van der Waals surface area contributed by atoms with Crippen LogP contribution in [0.15, 0.2) is 9.37 Å². The Hall–Kier alpha value is -1.28. The molecule has 98 valence electrons. The average Bonchev–Trinajstić information content (AvgIpc) is 2.89. The second kappa shape index (κ2) is 5.15. The third-order valence-electron chi connectivity index (χ3n) is 2.40. The fourth-order valence-electron chi connectivity index (χ4n) is 1.47. The van der Waals surface area contributed by atoms with E-state index in [1.54, 1.807) is 16.0 Å². The van der Waals surface area contributed by atoms with Crippen LogP contribution in [-0.2, 0) is 13.5 Å². The molecule has 0 fully saturated rings. The van der Waals surface area contributed by atoms with Crippen LogP contribution < -0.4 is 10.6 Å². The maximum atomic E-state index is 6.07. The topological polar surface area (TPSA) is 72.9 Å². The van der Waals surface area contributed by atoms with Gasteiger partial charge in [-0.3, -0.25) is 4.68 Å². The normalized spacial score (nSPS) is 10.9. The molecular formula is C10H16N6S2. The maximum absolute atomic E-state index is 6.07. The Kier molecular flexibility index (Phi) is 3.76. The molecule has 0 amide bonds. The molecule has 0 unspecified atom stereocenters. The van der Waals surface area contributed by atoms with E-state index in [1.807, 2.05) is 33.0 Å². The predicted octanol–water partition coefficient (Wildman–Crippen LogP) is 1.63. The van der Waals surface area contributed by atoms with Gasteiger partial charge < -0.3 is 10.6 Å². The van der Waals surface area contributed by atoms with E-state index in [4.69, 9.17) is 5.73 Å². The predicted molar refractivity (Wildman–Crippen MR) is 75.4 cm³/mol. The highest BCUT2D eigenvalue weighted by atomic mass is 32.2. The van der Waals surface area contributed by atoms with Crippen LogP contribution in [0.4, 0.5) is 10.8 Å². The molecule has 8 heteroatoms. The number of aromatic nitrogens is 4. The van der Waals surface area contributed by atoms with Crippen molar-refractivity contribution in [2.75, 3.05) is 24.7 Å². The van der Waals surface area contributed by atoms with Crippen molar-refractivity contribution in [1.82, 2.24) is 20.0 Å². The van der Waals surface area contributed by atoms with E-state index < -0.39 is 0 Å². The van der Waals surface area contributed by atoms with Crippen LogP contribution >= 0.6 is 23.1 Å². The number of nitrogens with zero attached hydrogens (tertiary/aromatic N) is 5. The van der Waals surface area contributed by atoms with Crippen LogP contribution in [0.1, 0.15) is 12.6 Å². The second-order valence-corrected chi connectivity index (χ2v) is 6.18. The number of anilines is 2. The van der Waals surface area contributed by atoms with Gasteiger partial charge in [0, 0.05) is 21.1 Å². The maximum Gasteiger partial charge on any atom is 0.208 e. The molecule has 0 saturated carbocycles. The lowest BCUT2D eigenvalue weighted by molar-refractivity contribution is 0.687. The molecule has 18 heavy (non-hydrogen) atoms. The molecular weight excluding hydrogens is 268 g/mol. The third kappa shape index (κ3) is 2.44. The monoisotopic (exact) mass is 284 g/mol. The Morgan fingerprint density at radius 1 is 1.39 bits per heavy atom. The molecule has 2 aromatic rings. The van der Waals surface area contributed by atoms with Crippen LogP contribution in [0.2, 0.25) is 0 Å². The van der Waals surface area contributed by atoms with Gasteiger partial charge in [0.25, 0.3) is 0 Å². The summed E-state index contributed by atoms with van der Waals surface area (Å²) in [6.45, 7) is 2.04. The van der Waals surface area contributed by atoms with E-state index in [1.165, 1.54) is 11.8 Å². The highest BCUT2D eigenvalue weighted by molar-refractivity contribution is 8.01. The van der Waals surface area contributed by atoms with E-state index in [9.17, 15) is 0 Å². The van der Waals surface area contributed by atoms with Crippen molar-refractivity contribution in [2.24, 2.45) is 7.05 Å². The van der Waals surface area contributed by atoms with Gasteiger partial charge >= 0.3 is 0 Å². The SMILES string of the molecule is CCc1nn(C)c(Sc2nnc(N(C)C)s2)c1N. The summed E-state index contributed by atoms with van der Waals surface area (Å²) in [6, 6.07) is 0. The van der Waals surface area contributed by atoms with Gasteiger partial charge in [-0.25, -0.2) is 0 Å². The lowest BCUT2D eigenvalue weighted by atomic mass is 10.3. The molecule has 0 bridgehead atoms. The van der Waals surface area contributed by atoms with E-state index >= 15 is 0 Å². The van der Waals surface area contributed by atoms with Crippen LogP contribution in [-0.4, -0.2) is 34.1 Å². The van der Waals surface area contributed by atoms with Crippen molar-refractivity contribution in [3.63, 3.8) is 0 Å². The highest BCUT2D eigenvalue weighted by Gasteiger charge is 2.16. The largest absolute Gasteiger partial charge is 0.395 e. The molecule has 0 saturated heterocycles. The quantitative estimate of drug-likeness (QED) is 0.920. The lowest BCUT2D eigenvalue weighted by Gasteiger charge is -2.03. The minimum atomic E-state index is 0.742. The van der Waals surface area contributed by atoms with Crippen molar-refractivity contribution in [3.8, 4) is 0 Å². The molecule has 0 aliphatic carbocycles. The molecule has 0 atom stereocenters. The molecule has 2 heterocycles. The first-order valence-electron chi connectivity index (χ1n) is 5.53. The van der Waals surface area contributed by atoms with Crippen molar-refractivity contribution in [3.05, 3.63) is 5.69 Å². The molecule has 0 aromatic carbocycles. The molecule has 2 aromatic heterocycles. The van der Waals surface area contributed by atoms with Crippen molar-refractivity contribution >= 4 is 33.9 Å². The van der Waals surface area contributed by atoms with Gasteiger partial charge in [-0.1, -0.05) is 18.3 Å². The molecule has 0 radical (unpaired) electrons. The summed E-state index contributed by atoms with van der Waals surface area (Å²) in [4.78, 5) is 1.94. The van der Waals surface area contributed by atoms with E-state index in [0.717, 1.165) is 32.3 Å². The van der Waals surface area contributed by atoms with Crippen LogP contribution in [0, 0.1) is 0 Å². The zero-order chi connectivity index (χ0) is 13.3. The van der Waals surface area contributed by atoms with E-state index in [2.05, 4.69) is 15.3 Å². The molecule has 0 aliphatic heterocycles. The summed E-state index contributed by atoms with van der Waals surface area (Å²) in [5.41, 5.74) is 7.74. The summed E-state index contributed by atoms with van der Waals surface area (Å²) >= 11 is 3.05. The van der Waals surface area contributed by atoms with Gasteiger partial charge in [-0.05, 0) is 18.2 Å². The number of nitrogen functional groups attached to an aromatic ring is 1. The lowest BCUT2D eigenvalue weighted by Crippen LogP contribution is -2.07. The number of aryl methyl sites for hydroxylation is 2. The standard InChI is InChI=1S/C10H16N6S2/c1-5-6-7(11)8(16(4)14-6)17-10-13-12-9(18-10)15(2)3/h5,11H2,1-4H3. The van der Waals surface area contributed by atoms with E-state index in [0.29, 0.717) is 0 Å². The number of hydrogen-bond acceptors (Lipinski definition) is 7. The molecule has 0 spiro atoms. The fourth-order valence-corrected chi connectivity index (χ4v) is 3.24. The third-order valence-corrected chi connectivity index (χ3v) is 4.72. The second-order valence-electron chi connectivity index (χ2n) is 3.99. The fraction of sp³-hybridized carbons (Fsp3) is 0.500. The van der Waals surface area contributed by atoms with E-state index in [-0.39, 0.29) is 0 Å². The van der Waals surface area contributed by atoms with Crippen LogP contribution in [0.25, 0.3) is 0 Å². The molecule has 6 nitrogen and oxygen atoms in total. The minimum absolute atomic E-state index is 0.742. The Balaban J connectivity index is 2.25.